The molecule has 2 unspecified atom stereocenters. The van der Waals surface area contributed by atoms with Crippen LogP contribution in [0.25, 0.3) is 0 Å². The maximum atomic E-state index is 12.7. The predicted octanol–water partition coefficient (Wildman–Crippen LogP) is 4.86. The Morgan fingerprint density at radius 1 is 1.03 bits per heavy atom. The smallest absolute Gasteiger partial charge is 0.319 e. The number of nitrogens with one attached hydrogen (secondary N) is 3. The third-order valence-electron chi connectivity index (χ3n) is 5.92. The Balaban J connectivity index is 1.46. The molecule has 0 spiro atoms. The maximum absolute atomic E-state index is 12.7. The molecule has 3 amide bonds. The summed E-state index contributed by atoms with van der Waals surface area (Å²) in [7, 11) is 0. The molecule has 152 valence electrons. The number of hydrogen-bond donors (Lipinski definition) is 3. The molecule has 2 aromatic rings. The lowest BCUT2D eigenvalue weighted by atomic mass is 9.87. The zero-order valence-corrected chi connectivity index (χ0v) is 17.1. The van der Waals surface area contributed by atoms with Crippen LogP contribution in [0.5, 0.6) is 0 Å². The van der Waals surface area contributed by atoms with Gasteiger partial charge in [-0.1, -0.05) is 49.1 Å². The van der Waals surface area contributed by atoms with E-state index in [2.05, 4.69) is 28.1 Å². The van der Waals surface area contributed by atoms with Gasteiger partial charge in [-0.25, -0.2) is 4.79 Å². The Morgan fingerprint density at radius 2 is 1.83 bits per heavy atom. The lowest BCUT2D eigenvalue weighted by molar-refractivity contribution is 0.0946. The van der Waals surface area contributed by atoms with Crippen LogP contribution in [0.4, 0.5) is 10.5 Å². The summed E-state index contributed by atoms with van der Waals surface area (Å²) in [4.78, 5) is 24.8. The summed E-state index contributed by atoms with van der Waals surface area (Å²) in [6, 6.07) is 13.3. The minimum atomic E-state index is -0.230. The van der Waals surface area contributed by atoms with Crippen molar-refractivity contribution in [3.05, 3.63) is 64.2 Å². The van der Waals surface area contributed by atoms with Crippen LogP contribution in [0, 0.1) is 0 Å². The number of halogens is 1. The second-order valence-corrected chi connectivity index (χ2v) is 8.32. The molecule has 1 heterocycles. The number of carbonyl (C=O) groups is 2. The van der Waals surface area contributed by atoms with Crippen LogP contribution < -0.4 is 16.0 Å². The highest BCUT2D eigenvalue weighted by molar-refractivity contribution is 6.30. The van der Waals surface area contributed by atoms with E-state index in [4.69, 9.17) is 11.6 Å². The van der Waals surface area contributed by atoms with Gasteiger partial charge in [0, 0.05) is 34.8 Å². The van der Waals surface area contributed by atoms with E-state index >= 15 is 0 Å². The van der Waals surface area contributed by atoms with Gasteiger partial charge in [0.2, 0.25) is 0 Å². The van der Waals surface area contributed by atoms with E-state index < -0.39 is 0 Å². The van der Waals surface area contributed by atoms with E-state index in [9.17, 15) is 9.59 Å². The van der Waals surface area contributed by atoms with Gasteiger partial charge in [0.1, 0.15) is 0 Å². The maximum Gasteiger partial charge on any atom is 0.319 e. The number of hydrogen-bond acceptors (Lipinski definition) is 2. The van der Waals surface area contributed by atoms with Crippen LogP contribution in [0.3, 0.4) is 0 Å². The van der Waals surface area contributed by atoms with E-state index in [0.717, 1.165) is 42.7 Å². The van der Waals surface area contributed by atoms with Crippen molar-refractivity contribution in [2.75, 3.05) is 11.9 Å². The summed E-state index contributed by atoms with van der Waals surface area (Å²) < 4.78 is 0. The lowest BCUT2D eigenvalue weighted by Crippen LogP contribution is -2.41. The molecule has 1 saturated carbocycles. The molecule has 3 N–H and O–H groups in total. The summed E-state index contributed by atoms with van der Waals surface area (Å²) in [5.41, 5.74) is 3.51. The minimum Gasteiger partial charge on any atom is -0.352 e. The molecule has 0 bridgehead atoms. The quantitative estimate of drug-likeness (QED) is 0.631. The lowest BCUT2D eigenvalue weighted by Gasteiger charge is -2.27. The highest BCUT2D eigenvalue weighted by atomic mass is 35.5. The van der Waals surface area contributed by atoms with Gasteiger partial charge in [-0.3, -0.25) is 4.79 Å². The molecule has 6 heteroatoms. The number of benzene rings is 2. The zero-order valence-electron chi connectivity index (χ0n) is 16.3. The van der Waals surface area contributed by atoms with Crippen molar-refractivity contribution in [1.29, 1.82) is 0 Å². The molecule has 29 heavy (non-hydrogen) atoms. The SMILES string of the molecule is O=C(Nc1ccc2c(c1)C(=O)NCC2)NC1CCCCCC1c1ccc(Cl)cc1. The topological polar surface area (TPSA) is 70.2 Å². The molecule has 0 aromatic heterocycles. The number of amides is 3. The summed E-state index contributed by atoms with van der Waals surface area (Å²) in [5.74, 6) is 0.191. The number of fused-ring (bicyclic) bond motifs is 1. The summed E-state index contributed by atoms with van der Waals surface area (Å²) in [6.07, 6.45) is 6.27. The molecule has 4 rings (SSSR count). The molecule has 1 aliphatic heterocycles. The Kier molecular flexibility index (Phi) is 6.05. The van der Waals surface area contributed by atoms with Crippen molar-refractivity contribution in [2.24, 2.45) is 0 Å². The van der Waals surface area contributed by atoms with Crippen molar-refractivity contribution in [3.8, 4) is 0 Å². The molecule has 2 aromatic carbocycles. The normalized spacial score (nSPS) is 21.5. The largest absolute Gasteiger partial charge is 0.352 e. The highest BCUT2D eigenvalue weighted by Crippen LogP contribution is 2.32. The monoisotopic (exact) mass is 411 g/mol. The number of rotatable bonds is 3. The van der Waals surface area contributed by atoms with Crippen LogP contribution in [0.15, 0.2) is 42.5 Å². The second kappa shape index (κ2) is 8.87. The highest BCUT2D eigenvalue weighted by Gasteiger charge is 2.27. The molecule has 2 atom stereocenters. The van der Waals surface area contributed by atoms with Gasteiger partial charge >= 0.3 is 6.03 Å². The summed E-state index contributed by atoms with van der Waals surface area (Å²) in [5, 5.41) is 9.65. The molecule has 1 aliphatic carbocycles. The number of carbonyl (C=O) groups excluding carboxylic acids is 2. The first kappa shape index (κ1) is 19.8. The fourth-order valence-corrected chi connectivity index (χ4v) is 4.54. The average molecular weight is 412 g/mol. The average Bonchev–Trinajstić information content (AvgIpc) is 2.95. The van der Waals surface area contributed by atoms with Gasteiger partial charge in [0.15, 0.2) is 0 Å². The van der Waals surface area contributed by atoms with Crippen LogP contribution in [0.1, 0.15) is 59.5 Å². The van der Waals surface area contributed by atoms with Gasteiger partial charge in [-0.2, -0.15) is 0 Å². The Hall–Kier alpha value is -2.53. The van der Waals surface area contributed by atoms with Crippen molar-refractivity contribution >= 4 is 29.2 Å². The number of anilines is 1. The van der Waals surface area contributed by atoms with Crippen molar-refractivity contribution in [2.45, 2.75) is 50.5 Å². The molecular weight excluding hydrogens is 386 g/mol. The minimum absolute atomic E-state index is 0.0691. The van der Waals surface area contributed by atoms with E-state index in [0.29, 0.717) is 17.8 Å². The first-order chi connectivity index (χ1) is 14.1. The zero-order chi connectivity index (χ0) is 20.2. The Labute approximate surface area is 176 Å². The number of urea groups is 1. The van der Waals surface area contributed by atoms with E-state index in [1.165, 1.54) is 12.0 Å². The van der Waals surface area contributed by atoms with Crippen molar-refractivity contribution in [3.63, 3.8) is 0 Å². The Bertz CT molecular complexity index is 897. The first-order valence-corrected chi connectivity index (χ1v) is 10.7. The van der Waals surface area contributed by atoms with Gasteiger partial charge in [-0.15, -0.1) is 0 Å². The standard InChI is InChI=1S/C23H26ClN3O2/c24-17-9-6-15(7-10-17)19-4-2-1-3-5-21(19)27-23(29)26-18-11-8-16-12-13-25-22(28)20(16)14-18/h6-11,14,19,21H,1-5,12-13H2,(H,25,28)(H2,26,27,29). The van der Waals surface area contributed by atoms with Crippen LogP contribution >= 0.6 is 11.6 Å². The fraction of sp³-hybridized carbons (Fsp3) is 0.391. The van der Waals surface area contributed by atoms with Gasteiger partial charge in [0.05, 0.1) is 0 Å². The van der Waals surface area contributed by atoms with Gasteiger partial charge in [0.25, 0.3) is 5.91 Å². The molecule has 0 saturated heterocycles. The molecule has 1 fully saturated rings. The molecule has 0 radical (unpaired) electrons. The third kappa shape index (κ3) is 4.73. The molecule has 5 nitrogen and oxygen atoms in total. The van der Waals surface area contributed by atoms with E-state index in [1.807, 2.05) is 24.3 Å². The van der Waals surface area contributed by atoms with Crippen molar-refractivity contribution in [1.82, 2.24) is 10.6 Å². The van der Waals surface area contributed by atoms with Crippen molar-refractivity contribution < 1.29 is 9.59 Å². The molecule has 2 aliphatic rings. The van der Waals surface area contributed by atoms with Gasteiger partial charge in [-0.05, 0) is 54.7 Å². The van der Waals surface area contributed by atoms with Gasteiger partial charge < -0.3 is 16.0 Å². The second-order valence-electron chi connectivity index (χ2n) is 7.88. The van der Waals surface area contributed by atoms with Crippen LogP contribution in [0.2, 0.25) is 5.02 Å². The van der Waals surface area contributed by atoms with E-state index in [1.54, 1.807) is 6.07 Å². The molecular formula is C23H26ClN3O2. The van der Waals surface area contributed by atoms with Crippen LogP contribution in [-0.4, -0.2) is 24.5 Å². The third-order valence-corrected chi connectivity index (χ3v) is 6.17. The van der Waals surface area contributed by atoms with E-state index in [-0.39, 0.29) is 23.9 Å². The summed E-state index contributed by atoms with van der Waals surface area (Å²) in [6.45, 7) is 0.660. The Morgan fingerprint density at radius 3 is 2.66 bits per heavy atom. The first-order valence-electron chi connectivity index (χ1n) is 10.3. The summed E-state index contributed by atoms with van der Waals surface area (Å²) >= 11 is 6.05. The van der Waals surface area contributed by atoms with Crippen LogP contribution in [-0.2, 0) is 6.42 Å². The predicted molar refractivity (Wildman–Crippen MR) is 116 cm³/mol. The fourth-order valence-electron chi connectivity index (χ4n) is 4.41.